The van der Waals surface area contributed by atoms with E-state index in [1.165, 1.54) is 30.5 Å². The van der Waals surface area contributed by atoms with E-state index in [0.29, 0.717) is 5.69 Å². The fourth-order valence-electron chi connectivity index (χ4n) is 1.44. The molecule has 2 aromatic rings. The lowest BCUT2D eigenvalue weighted by Crippen LogP contribution is -2.01. The van der Waals surface area contributed by atoms with Gasteiger partial charge < -0.3 is 10.4 Å². The van der Waals surface area contributed by atoms with Crippen molar-refractivity contribution in [3.8, 4) is 6.07 Å². The Kier molecular flexibility index (Phi) is 3.39. The summed E-state index contributed by atoms with van der Waals surface area (Å²) in [6, 6.07) is 8.64. The van der Waals surface area contributed by atoms with Gasteiger partial charge in [-0.1, -0.05) is 0 Å². The average Bonchev–Trinajstić information content (AvgIpc) is 2.41. The monoisotopic (exact) mass is 257 g/mol. The summed E-state index contributed by atoms with van der Waals surface area (Å²) in [5.74, 6) is -1.70. The van der Waals surface area contributed by atoms with Gasteiger partial charge >= 0.3 is 5.97 Å². The number of benzene rings is 1. The van der Waals surface area contributed by atoms with Crippen LogP contribution in [-0.4, -0.2) is 16.1 Å². The molecular formula is C13H8FN3O2. The molecule has 0 amide bonds. The van der Waals surface area contributed by atoms with Crippen molar-refractivity contribution >= 4 is 17.3 Å². The number of halogens is 1. The van der Waals surface area contributed by atoms with Crippen molar-refractivity contribution in [3.05, 3.63) is 53.6 Å². The second kappa shape index (κ2) is 5.14. The Balaban J connectivity index is 2.22. The zero-order valence-corrected chi connectivity index (χ0v) is 9.59. The molecule has 1 heterocycles. The van der Waals surface area contributed by atoms with Crippen molar-refractivity contribution in [3.63, 3.8) is 0 Å². The van der Waals surface area contributed by atoms with Crippen LogP contribution in [0.2, 0.25) is 0 Å². The van der Waals surface area contributed by atoms with Crippen LogP contribution in [0.15, 0.2) is 36.5 Å². The van der Waals surface area contributed by atoms with E-state index in [0.717, 1.165) is 6.07 Å². The van der Waals surface area contributed by atoms with E-state index in [2.05, 4.69) is 10.3 Å². The number of carboxylic acids is 1. The molecule has 1 aromatic carbocycles. The number of pyridine rings is 1. The lowest BCUT2D eigenvalue weighted by atomic mass is 10.2. The molecule has 0 radical (unpaired) electrons. The van der Waals surface area contributed by atoms with Crippen molar-refractivity contribution in [2.45, 2.75) is 0 Å². The standard InChI is InChI=1S/C13H8FN3O2/c14-10-5-8(6-15)1-3-11(10)17-9-2-4-12(13(18)19)16-7-9/h1-5,7,17H,(H,18,19). The third-order valence-corrected chi connectivity index (χ3v) is 2.36. The zero-order chi connectivity index (χ0) is 13.8. The van der Waals surface area contributed by atoms with Crippen LogP contribution in [0.25, 0.3) is 0 Å². The minimum Gasteiger partial charge on any atom is -0.477 e. The highest BCUT2D eigenvalue weighted by Gasteiger charge is 2.06. The van der Waals surface area contributed by atoms with Gasteiger partial charge in [-0.3, -0.25) is 0 Å². The van der Waals surface area contributed by atoms with E-state index in [1.54, 1.807) is 0 Å². The highest BCUT2D eigenvalue weighted by molar-refractivity contribution is 5.85. The Morgan fingerprint density at radius 1 is 1.37 bits per heavy atom. The van der Waals surface area contributed by atoms with E-state index in [9.17, 15) is 9.18 Å². The van der Waals surface area contributed by atoms with Gasteiger partial charge in [-0.25, -0.2) is 14.2 Å². The molecule has 0 aliphatic rings. The molecule has 0 spiro atoms. The van der Waals surface area contributed by atoms with Crippen molar-refractivity contribution in [2.24, 2.45) is 0 Å². The van der Waals surface area contributed by atoms with Crippen LogP contribution in [-0.2, 0) is 0 Å². The predicted octanol–water partition coefficient (Wildman–Crippen LogP) is 2.53. The van der Waals surface area contributed by atoms with Crippen LogP contribution < -0.4 is 5.32 Å². The third kappa shape index (κ3) is 2.84. The highest BCUT2D eigenvalue weighted by Crippen LogP contribution is 2.20. The molecule has 0 saturated carbocycles. The van der Waals surface area contributed by atoms with Crippen LogP contribution in [0, 0.1) is 17.1 Å². The van der Waals surface area contributed by atoms with Crippen molar-refractivity contribution in [1.29, 1.82) is 5.26 Å². The van der Waals surface area contributed by atoms with E-state index in [-0.39, 0.29) is 16.9 Å². The number of nitrogens with one attached hydrogen (secondary N) is 1. The van der Waals surface area contributed by atoms with Crippen LogP contribution in [0.1, 0.15) is 16.1 Å². The van der Waals surface area contributed by atoms with Gasteiger partial charge in [0.15, 0.2) is 0 Å². The molecule has 0 aliphatic carbocycles. The van der Waals surface area contributed by atoms with Gasteiger partial charge in [-0.15, -0.1) is 0 Å². The number of aromatic carboxylic acids is 1. The van der Waals surface area contributed by atoms with E-state index < -0.39 is 11.8 Å². The first-order valence-electron chi connectivity index (χ1n) is 5.26. The summed E-state index contributed by atoms with van der Waals surface area (Å²) in [4.78, 5) is 14.3. The topological polar surface area (TPSA) is 86.0 Å². The molecule has 0 bridgehead atoms. The molecule has 0 unspecified atom stereocenters. The molecule has 0 fully saturated rings. The van der Waals surface area contributed by atoms with Gasteiger partial charge in [-0.2, -0.15) is 5.26 Å². The van der Waals surface area contributed by atoms with Crippen LogP contribution in [0.3, 0.4) is 0 Å². The molecule has 94 valence electrons. The first-order valence-corrected chi connectivity index (χ1v) is 5.26. The van der Waals surface area contributed by atoms with Crippen LogP contribution in [0.4, 0.5) is 15.8 Å². The number of carboxylic acid groups (broad SMARTS) is 1. The van der Waals surface area contributed by atoms with Gasteiger partial charge in [0, 0.05) is 0 Å². The molecular weight excluding hydrogens is 249 g/mol. The molecule has 2 rings (SSSR count). The molecule has 0 saturated heterocycles. The second-order valence-electron chi connectivity index (χ2n) is 3.67. The Hall–Kier alpha value is -2.94. The molecule has 19 heavy (non-hydrogen) atoms. The number of nitrogens with zero attached hydrogens (tertiary/aromatic N) is 2. The van der Waals surface area contributed by atoms with E-state index in [4.69, 9.17) is 10.4 Å². The Labute approximate surface area is 108 Å². The van der Waals surface area contributed by atoms with Gasteiger partial charge in [0.1, 0.15) is 11.5 Å². The number of aromatic nitrogens is 1. The lowest BCUT2D eigenvalue weighted by molar-refractivity contribution is 0.0690. The predicted molar refractivity (Wildman–Crippen MR) is 65.6 cm³/mol. The number of rotatable bonds is 3. The van der Waals surface area contributed by atoms with Gasteiger partial charge in [0.05, 0.1) is 29.2 Å². The first kappa shape index (κ1) is 12.5. The minimum atomic E-state index is -1.13. The molecule has 1 aromatic heterocycles. The molecule has 0 atom stereocenters. The fourth-order valence-corrected chi connectivity index (χ4v) is 1.44. The highest BCUT2D eigenvalue weighted by atomic mass is 19.1. The number of anilines is 2. The van der Waals surface area contributed by atoms with Crippen molar-refractivity contribution in [2.75, 3.05) is 5.32 Å². The average molecular weight is 257 g/mol. The Bertz CT molecular complexity index is 663. The van der Waals surface area contributed by atoms with Gasteiger partial charge in [0.25, 0.3) is 0 Å². The number of carbonyl (C=O) groups is 1. The maximum atomic E-state index is 13.6. The van der Waals surface area contributed by atoms with Gasteiger partial charge in [-0.05, 0) is 30.3 Å². The third-order valence-electron chi connectivity index (χ3n) is 2.36. The summed E-state index contributed by atoms with van der Waals surface area (Å²) >= 11 is 0. The summed E-state index contributed by atoms with van der Waals surface area (Å²) < 4.78 is 13.6. The smallest absolute Gasteiger partial charge is 0.354 e. The quantitative estimate of drug-likeness (QED) is 0.882. The molecule has 6 heteroatoms. The van der Waals surface area contributed by atoms with Crippen molar-refractivity contribution in [1.82, 2.24) is 4.98 Å². The normalized spacial score (nSPS) is 9.68. The number of hydrogen-bond acceptors (Lipinski definition) is 4. The Morgan fingerprint density at radius 2 is 2.16 bits per heavy atom. The number of hydrogen-bond donors (Lipinski definition) is 2. The van der Waals surface area contributed by atoms with E-state index >= 15 is 0 Å². The van der Waals surface area contributed by atoms with E-state index in [1.807, 2.05) is 6.07 Å². The van der Waals surface area contributed by atoms with Gasteiger partial charge in [0.2, 0.25) is 0 Å². The summed E-state index contributed by atoms with van der Waals surface area (Å²) in [6.07, 6.45) is 1.29. The Morgan fingerprint density at radius 3 is 2.68 bits per heavy atom. The summed E-state index contributed by atoms with van der Waals surface area (Å²) in [6.45, 7) is 0. The molecule has 5 nitrogen and oxygen atoms in total. The summed E-state index contributed by atoms with van der Waals surface area (Å²) in [7, 11) is 0. The summed E-state index contributed by atoms with van der Waals surface area (Å²) in [5.41, 5.74) is 0.769. The second-order valence-corrected chi connectivity index (χ2v) is 3.67. The summed E-state index contributed by atoms with van der Waals surface area (Å²) in [5, 5.41) is 20.1. The largest absolute Gasteiger partial charge is 0.477 e. The first-order chi connectivity index (χ1) is 9.10. The maximum Gasteiger partial charge on any atom is 0.354 e. The van der Waals surface area contributed by atoms with Crippen molar-refractivity contribution < 1.29 is 14.3 Å². The van der Waals surface area contributed by atoms with Crippen LogP contribution >= 0.6 is 0 Å². The zero-order valence-electron chi connectivity index (χ0n) is 9.59. The fraction of sp³-hybridized carbons (Fsp3) is 0. The maximum absolute atomic E-state index is 13.6. The van der Waals surface area contributed by atoms with Crippen LogP contribution in [0.5, 0.6) is 0 Å². The number of nitriles is 1. The minimum absolute atomic E-state index is 0.0918. The SMILES string of the molecule is N#Cc1ccc(Nc2ccc(C(=O)O)nc2)c(F)c1. The molecule has 0 aliphatic heterocycles. The lowest BCUT2D eigenvalue weighted by Gasteiger charge is -2.07. The molecule has 2 N–H and O–H groups in total.